The topological polar surface area (TPSA) is 39.8 Å². The molecule has 0 N–H and O–H groups in total. The molecule has 0 atom stereocenters. The molecule has 0 saturated carbocycles. The smallest absolute Gasteiger partial charge is 0.250 e. The first-order valence-corrected chi connectivity index (χ1v) is 5.91. The Morgan fingerprint density at radius 3 is 2.75 bits per heavy atom. The normalized spacial score (nSPS) is 10.6. The van der Waals surface area contributed by atoms with Crippen molar-refractivity contribution < 1.29 is 0 Å². The third-order valence-corrected chi connectivity index (χ3v) is 3.44. The van der Waals surface area contributed by atoms with Gasteiger partial charge in [-0.05, 0) is 11.6 Å². The summed E-state index contributed by atoms with van der Waals surface area (Å²) in [6.45, 7) is 0. The number of hydrogen-bond donors (Lipinski definition) is 0. The highest BCUT2D eigenvalue weighted by molar-refractivity contribution is 7.98. The second-order valence-electron chi connectivity index (χ2n) is 3.59. The summed E-state index contributed by atoms with van der Waals surface area (Å²) >= 11 is 1.63. The molecular formula is C11H13N3OS. The van der Waals surface area contributed by atoms with Gasteiger partial charge in [-0.1, -0.05) is 11.8 Å². The molecule has 0 saturated heterocycles. The number of pyridine rings is 1. The Morgan fingerprint density at radius 2 is 2.12 bits per heavy atom. The van der Waals surface area contributed by atoms with Crippen molar-refractivity contribution in [3.05, 3.63) is 46.6 Å². The standard InChI is InChI=1S/C11H13N3OS/c1-13-5-3-9(7-10(13)15)8-16-11-12-4-6-14(11)2/h3-7H,8H2,1-2H3. The molecule has 2 aromatic heterocycles. The SMILES string of the molecule is Cn1ccnc1SCc1ccn(C)c(=O)c1. The number of aromatic nitrogens is 3. The minimum atomic E-state index is 0.0259. The van der Waals surface area contributed by atoms with Gasteiger partial charge in [-0.15, -0.1) is 0 Å². The summed E-state index contributed by atoms with van der Waals surface area (Å²) in [6.07, 6.45) is 5.47. The molecule has 0 aliphatic carbocycles. The van der Waals surface area contributed by atoms with E-state index >= 15 is 0 Å². The molecule has 2 aromatic rings. The third kappa shape index (κ3) is 2.36. The zero-order chi connectivity index (χ0) is 11.5. The third-order valence-electron chi connectivity index (χ3n) is 2.31. The summed E-state index contributed by atoms with van der Waals surface area (Å²) in [7, 11) is 3.71. The zero-order valence-corrected chi connectivity index (χ0v) is 10.1. The average Bonchev–Trinajstić information content (AvgIpc) is 2.66. The van der Waals surface area contributed by atoms with E-state index in [-0.39, 0.29) is 5.56 Å². The highest BCUT2D eigenvalue weighted by Gasteiger charge is 2.01. The number of rotatable bonds is 3. The number of imidazole rings is 1. The molecule has 0 unspecified atom stereocenters. The molecule has 0 aliphatic rings. The van der Waals surface area contributed by atoms with E-state index in [0.29, 0.717) is 0 Å². The van der Waals surface area contributed by atoms with Crippen LogP contribution in [0.5, 0.6) is 0 Å². The lowest BCUT2D eigenvalue weighted by Gasteiger charge is -2.02. The van der Waals surface area contributed by atoms with Gasteiger partial charge in [0, 0.05) is 44.5 Å². The van der Waals surface area contributed by atoms with E-state index in [2.05, 4.69) is 4.98 Å². The summed E-state index contributed by atoms with van der Waals surface area (Å²) in [5, 5.41) is 0.959. The van der Waals surface area contributed by atoms with Crippen LogP contribution in [0.4, 0.5) is 0 Å². The van der Waals surface area contributed by atoms with Crippen LogP contribution in [0.15, 0.2) is 40.7 Å². The van der Waals surface area contributed by atoms with Gasteiger partial charge in [0.25, 0.3) is 5.56 Å². The monoisotopic (exact) mass is 235 g/mol. The predicted octanol–water partition coefficient (Wildman–Crippen LogP) is 1.41. The number of hydrogen-bond acceptors (Lipinski definition) is 3. The van der Waals surface area contributed by atoms with Crippen LogP contribution in [0.2, 0.25) is 0 Å². The van der Waals surface area contributed by atoms with E-state index in [9.17, 15) is 4.79 Å². The van der Waals surface area contributed by atoms with E-state index in [4.69, 9.17) is 0 Å². The Bertz CT molecular complexity index is 544. The molecule has 0 radical (unpaired) electrons. The maximum absolute atomic E-state index is 11.4. The van der Waals surface area contributed by atoms with Gasteiger partial charge in [0.1, 0.15) is 0 Å². The van der Waals surface area contributed by atoms with Crippen molar-refractivity contribution in [1.29, 1.82) is 0 Å². The van der Waals surface area contributed by atoms with Gasteiger partial charge in [-0.2, -0.15) is 0 Å². The molecular weight excluding hydrogens is 222 g/mol. The average molecular weight is 235 g/mol. The molecule has 16 heavy (non-hydrogen) atoms. The lowest BCUT2D eigenvalue weighted by Crippen LogP contribution is -2.14. The number of aryl methyl sites for hydroxylation is 2. The quantitative estimate of drug-likeness (QED) is 0.755. The Balaban J connectivity index is 2.08. The molecule has 0 spiro atoms. The second kappa shape index (κ2) is 4.57. The number of nitrogens with zero attached hydrogens (tertiary/aromatic N) is 3. The van der Waals surface area contributed by atoms with Crippen molar-refractivity contribution in [2.75, 3.05) is 0 Å². The lowest BCUT2D eigenvalue weighted by molar-refractivity contribution is 0.789. The molecule has 5 heteroatoms. The Hall–Kier alpha value is -1.49. The van der Waals surface area contributed by atoms with Crippen molar-refractivity contribution in [2.24, 2.45) is 14.1 Å². The van der Waals surface area contributed by atoms with E-state index in [1.54, 1.807) is 41.8 Å². The summed E-state index contributed by atoms with van der Waals surface area (Å²) in [5.41, 5.74) is 1.05. The summed E-state index contributed by atoms with van der Waals surface area (Å²) in [4.78, 5) is 15.6. The fourth-order valence-corrected chi connectivity index (χ4v) is 2.19. The van der Waals surface area contributed by atoms with E-state index in [1.807, 2.05) is 23.9 Å². The molecule has 0 bridgehead atoms. The summed E-state index contributed by atoms with van der Waals surface area (Å²) in [5.74, 6) is 0.765. The van der Waals surface area contributed by atoms with Gasteiger partial charge in [-0.25, -0.2) is 4.98 Å². The van der Waals surface area contributed by atoms with E-state index in [1.165, 1.54) is 0 Å². The molecule has 4 nitrogen and oxygen atoms in total. The molecule has 0 aromatic carbocycles. The van der Waals surface area contributed by atoms with Crippen molar-refractivity contribution >= 4 is 11.8 Å². The van der Waals surface area contributed by atoms with Crippen LogP contribution in [0.25, 0.3) is 0 Å². The molecule has 0 amide bonds. The minimum absolute atomic E-state index is 0.0259. The fourth-order valence-electron chi connectivity index (χ4n) is 1.32. The second-order valence-corrected chi connectivity index (χ2v) is 4.54. The fraction of sp³-hybridized carbons (Fsp3) is 0.273. The first-order valence-electron chi connectivity index (χ1n) is 4.92. The summed E-state index contributed by atoms with van der Waals surface area (Å²) < 4.78 is 3.53. The largest absolute Gasteiger partial charge is 0.329 e. The molecule has 0 fully saturated rings. The van der Waals surface area contributed by atoms with Crippen LogP contribution in [-0.2, 0) is 19.8 Å². The summed E-state index contributed by atoms with van der Waals surface area (Å²) in [6, 6.07) is 3.62. The molecule has 2 heterocycles. The maximum atomic E-state index is 11.4. The van der Waals surface area contributed by atoms with Gasteiger partial charge >= 0.3 is 0 Å². The zero-order valence-electron chi connectivity index (χ0n) is 9.25. The van der Waals surface area contributed by atoms with Gasteiger partial charge in [0.2, 0.25) is 0 Å². The van der Waals surface area contributed by atoms with Crippen molar-refractivity contribution in [3.8, 4) is 0 Å². The van der Waals surface area contributed by atoms with Crippen molar-refractivity contribution in [3.63, 3.8) is 0 Å². The van der Waals surface area contributed by atoms with Crippen molar-refractivity contribution in [1.82, 2.24) is 14.1 Å². The molecule has 0 aliphatic heterocycles. The number of thioether (sulfide) groups is 1. The van der Waals surface area contributed by atoms with Gasteiger partial charge in [-0.3, -0.25) is 4.79 Å². The minimum Gasteiger partial charge on any atom is -0.329 e. The first-order chi connectivity index (χ1) is 7.66. The van der Waals surface area contributed by atoms with Crippen LogP contribution in [-0.4, -0.2) is 14.1 Å². The first kappa shape index (κ1) is 11.0. The highest BCUT2D eigenvalue weighted by atomic mass is 32.2. The Kier molecular flexibility index (Phi) is 3.14. The Labute approximate surface area is 97.9 Å². The van der Waals surface area contributed by atoms with E-state index < -0.39 is 0 Å². The van der Waals surface area contributed by atoms with Crippen LogP contribution in [0, 0.1) is 0 Å². The van der Waals surface area contributed by atoms with Crippen LogP contribution in [0.1, 0.15) is 5.56 Å². The highest BCUT2D eigenvalue weighted by Crippen LogP contribution is 2.19. The molecule has 2 rings (SSSR count). The van der Waals surface area contributed by atoms with E-state index in [0.717, 1.165) is 16.5 Å². The molecule has 84 valence electrons. The van der Waals surface area contributed by atoms with Gasteiger partial charge in [0.15, 0.2) is 5.16 Å². The van der Waals surface area contributed by atoms with Crippen LogP contribution < -0.4 is 5.56 Å². The van der Waals surface area contributed by atoms with Crippen LogP contribution >= 0.6 is 11.8 Å². The van der Waals surface area contributed by atoms with Crippen LogP contribution in [0.3, 0.4) is 0 Å². The Morgan fingerprint density at radius 1 is 1.31 bits per heavy atom. The predicted molar refractivity (Wildman–Crippen MR) is 64.5 cm³/mol. The lowest BCUT2D eigenvalue weighted by atomic mass is 10.3. The van der Waals surface area contributed by atoms with Gasteiger partial charge in [0.05, 0.1) is 0 Å². The van der Waals surface area contributed by atoms with Gasteiger partial charge < -0.3 is 9.13 Å². The maximum Gasteiger partial charge on any atom is 0.250 e. The van der Waals surface area contributed by atoms with Crippen molar-refractivity contribution in [2.45, 2.75) is 10.9 Å².